The summed E-state index contributed by atoms with van der Waals surface area (Å²) < 4.78 is 0. The Morgan fingerprint density at radius 1 is 0.957 bits per heavy atom. The minimum atomic E-state index is -0.0270. The van der Waals surface area contributed by atoms with Crippen LogP contribution in [0.1, 0.15) is 97.1 Å². The van der Waals surface area contributed by atoms with Gasteiger partial charge in [0.25, 0.3) is 0 Å². The van der Waals surface area contributed by atoms with Crippen LogP contribution in [-0.2, 0) is 5.41 Å². The number of hydrogen-bond donors (Lipinski definition) is 2. The molecule has 2 nitrogen and oxygen atoms in total. The molecule has 0 aromatic heterocycles. The molecule has 0 fully saturated rings. The van der Waals surface area contributed by atoms with Crippen molar-refractivity contribution in [3.8, 4) is 11.5 Å². The number of phenols is 2. The molecule has 1 atom stereocenters. The van der Waals surface area contributed by atoms with Crippen LogP contribution in [0.25, 0.3) is 0 Å². The van der Waals surface area contributed by atoms with Crippen molar-refractivity contribution in [1.82, 2.24) is 0 Å². The summed E-state index contributed by atoms with van der Waals surface area (Å²) in [4.78, 5) is 0. The Bertz CT molecular complexity index is 466. The van der Waals surface area contributed by atoms with Gasteiger partial charge >= 0.3 is 0 Å². The second-order valence-corrected chi connectivity index (χ2v) is 7.88. The lowest BCUT2D eigenvalue weighted by Crippen LogP contribution is -2.17. The van der Waals surface area contributed by atoms with Gasteiger partial charge in [0.15, 0.2) is 0 Å². The fraction of sp³-hybridized carbons (Fsp3) is 0.714. The molecule has 23 heavy (non-hydrogen) atoms. The van der Waals surface area contributed by atoms with Gasteiger partial charge < -0.3 is 10.2 Å². The first-order valence-electron chi connectivity index (χ1n) is 9.30. The van der Waals surface area contributed by atoms with Crippen molar-refractivity contribution in [2.45, 2.75) is 91.4 Å². The molecule has 0 saturated heterocycles. The normalized spacial score (nSPS) is 13.5. The van der Waals surface area contributed by atoms with Crippen LogP contribution < -0.4 is 0 Å². The van der Waals surface area contributed by atoms with Crippen LogP contribution >= 0.6 is 0 Å². The van der Waals surface area contributed by atoms with Gasteiger partial charge in [0, 0.05) is 5.56 Å². The molecule has 0 aliphatic carbocycles. The van der Waals surface area contributed by atoms with Crippen LogP contribution in [-0.4, -0.2) is 10.2 Å². The molecule has 0 unspecified atom stereocenters. The average Bonchev–Trinajstić information content (AvgIpc) is 2.46. The maximum atomic E-state index is 10.5. The molecule has 0 aliphatic heterocycles. The zero-order valence-corrected chi connectivity index (χ0v) is 15.9. The van der Waals surface area contributed by atoms with Gasteiger partial charge in [0.2, 0.25) is 0 Å². The molecule has 1 aromatic carbocycles. The smallest absolute Gasteiger partial charge is 0.123 e. The quantitative estimate of drug-likeness (QED) is 0.510. The van der Waals surface area contributed by atoms with Crippen molar-refractivity contribution < 1.29 is 10.2 Å². The van der Waals surface area contributed by atoms with E-state index in [1.807, 2.05) is 12.1 Å². The highest BCUT2D eigenvalue weighted by Crippen LogP contribution is 2.43. The average molecular weight is 321 g/mol. The van der Waals surface area contributed by atoms with Crippen molar-refractivity contribution in [3.05, 3.63) is 23.3 Å². The van der Waals surface area contributed by atoms with Gasteiger partial charge in [0.1, 0.15) is 11.5 Å². The third-order valence-electron chi connectivity index (χ3n) is 5.19. The number of rotatable bonds is 9. The lowest BCUT2D eigenvalue weighted by molar-refractivity contribution is 0.389. The lowest BCUT2D eigenvalue weighted by Gasteiger charge is -2.28. The highest BCUT2D eigenvalue weighted by atomic mass is 16.3. The first kappa shape index (κ1) is 19.9. The lowest BCUT2D eigenvalue weighted by atomic mass is 9.77. The molecule has 0 radical (unpaired) electrons. The minimum Gasteiger partial charge on any atom is -0.508 e. The van der Waals surface area contributed by atoms with Gasteiger partial charge in [-0.05, 0) is 47.8 Å². The summed E-state index contributed by atoms with van der Waals surface area (Å²) in [6, 6.07) is 3.75. The monoisotopic (exact) mass is 320 g/mol. The molecule has 0 spiro atoms. The molecule has 0 bridgehead atoms. The topological polar surface area (TPSA) is 40.5 Å². The van der Waals surface area contributed by atoms with Crippen molar-refractivity contribution in [2.75, 3.05) is 0 Å². The maximum Gasteiger partial charge on any atom is 0.123 e. The van der Waals surface area contributed by atoms with Crippen molar-refractivity contribution in [1.29, 1.82) is 0 Å². The van der Waals surface area contributed by atoms with E-state index in [1.165, 1.54) is 25.7 Å². The Morgan fingerprint density at radius 2 is 1.52 bits per heavy atom. The number of aromatic hydroxyl groups is 2. The van der Waals surface area contributed by atoms with E-state index in [0.717, 1.165) is 18.4 Å². The summed E-state index contributed by atoms with van der Waals surface area (Å²) in [5.74, 6) is 1.09. The van der Waals surface area contributed by atoms with Gasteiger partial charge in [0.05, 0.1) is 0 Å². The predicted octanol–water partition coefficient (Wildman–Crippen LogP) is 6.50. The fourth-order valence-corrected chi connectivity index (χ4v) is 3.54. The Morgan fingerprint density at radius 3 is 1.96 bits per heavy atom. The second-order valence-electron chi connectivity index (χ2n) is 7.88. The van der Waals surface area contributed by atoms with E-state index in [4.69, 9.17) is 0 Å². The summed E-state index contributed by atoms with van der Waals surface area (Å²) in [5.41, 5.74) is 1.72. The standard InChI is InChI=1S/C21H36O2/c1-7-9-10-11-12-21(5,6)16-13-18(22)20(19(23)14-16)17(8-2)15(3)4/h13-15,17,22-23H,7-12H2,1-6H3/t17-/m1/s1. The van der Waals surface area contributed by atoms with Crippen LogP contribution in [0.2, 0.25) is 0 Å². The highest BCUT2D eigenvalue weighted by Gasteiger charge is 2.26. The molecule has 0 heterocycles. The van der Waals surface area contributed by atoms with Crippen molar-refractivity contribution in [3.63, 3.8) is 0 Å². The molecule has 1 aromatic rings. The zero-order chi connectivity index (χ0) is 17.6. The van der Waals surface area contributed by atoms with E-state index < -0.39 is 0 Å². The molecule has 1 rings (SSSR count). The summed E-state index contributed by atoms with van der Waals surface area (Å²) in [5, 5.41) is 21.1. The number of benzene rings is 1. The van der Waals surface area contributed by atoms with Gasteiger partial charge in [-0.3, -0.25) is 0 Å². The fourth-order valence-electron chi connectivity index (χ4n) is 3.54. The Kier molecular flexibility index (Phi) is 7.44. The largest absolute Gasteiger partial charge is 0.508 e. The first-order chi connectivity index (χ1) is 10.7. The molecule has 132 valence electrons. The first-order valence-corrected chi connectivity index (χ1v) is 9.30. The zero-order valence-electron chi connectivity index (χ0n) is 15.9. The molecular weight excluding hydrogens is 284 g/mol. The van der Waals surface area contributed by atoms with Gasteiger partial charge in [-0.2, -0.15) is 0 Å². The van der Waals surface area contributed by atoms with E-state index >= 15 is 0 Å². The second kappa shape index (κ2) is 8.61. The van der Waals surface area contributed by atoms with Gasteiger partial charge in [-0.25, -0.2) is 0 Å². The van der Waals surface area contributed by atoms with Crippen LogP contribution in [0.5, 0.6) is 11.5 Å². The van der Waals surface area contributed by atoms with Crippen LogP contribution in [0.3, 0.4) is 0 Å². The predicted molar refractivity (Wildman–Crippen MR) is 99.4 cm³/mol. The SMILES string of the molecule is CCCCCCC(C)(C)c1cc(O)c([C@H](CC)C(C)C)c(O)c1. The molecular formula is C21H36O2. The van der Waals surface area contributed by atoms with E-state index in [0.29, 0.717) is 11.5 Å². The maximum absolute atomic E-state index is 10.5. The minimum absolute atomic E-state index is 0.0270. The molecule has 0 amide bonds. The summed E-state index contributed by atoms with van der Waals surface area (Å²) in [7, 11) is 0. The molecule has 2 heteroatoms. The van der Waals surface area contributed by atoms with Crippen molar-refractivity contribution >= 4 is 0 Å². The third-order valence-corrected chi connectivity index (χ3v) is 5.19. The molecule has 0 aliphatic rings. The summed E-state index contributed by atoms with van der Waals surface area (Å²) in [6.45, 7) is 13.0. The molecule has 0 saturated carbocycles. The highest BCUT2D eigenvalue weighted by molar-refractivity contribution is 5.50. The number of phenolic OH excluding ortho intramolecular Hbond substituents is 2. The number of unbranched alkanes of at least 4 members (excludes halogenated alkanes) is 3. The van der Waals surface area contributed by atoms with E-state index in [-0.39, 0.29) is 22.8 Å². The van der Waals surface area contributed by atoms with E-state index in [2.05, 4.69) is 41.5 Å². The van der Waals surface area contributed by atoms with Gasteiger partial charge in [-0.15, -0.1) is 0 Å². The Labute approximate surface area is 142 Å². The third kappa shape index (κ3) is 5.16. The van der Waals surface area contributed by atoms with E-state index in [1.54, 1.807) is 0 Å². The summed E-state index contributed by atoms with van der Waals surface area (Å²) in [6.07, 6.45) is 6.95. The number of hydrogen-bond acceptors (Lipinski definition) is 2. The Hall–Kier alpha value is -1.18. The van der Waals surface area contributed by atoms with Gasteiger partial charge in [-0.1, -0.05) is 67.2 Å². The van der Waals surface area contributed by atoms with Crippen LogP contribution in [0.4, 0.5) is 0 Å². The van der Waals surface area contributed by atoms with Crippen LogP contribution in [0.15, 0.2) is 12.1 Å². The molecule has 2 N–H and O–H groups in total. The van der Waals surface area contributed by atoms with E-state index in [9.17, 15) is 10.2 Å². The van der Waals surface area contributed by atoms with Crippen LogP contribution in [0, 0.1) is 5.92 Å². The van der Waals surface area contributed by atoms with Crippen molar-refractivity contribution in [2.24, 2.45) is 5.92 Å². The Balaban J connectivity index is 3.03. The summed E-state index contributed by atoms with van der Waals surface area (Å²) >= 11 is 0.